The highest BCUT2D eigenvalue weighted by atomic mass is 31.1. The van der Waals surface area contributed by atoms with Gasteiger partial charge in [0.1, 0.15) is 23.3 Å². The summed E-state index contributed by atoms with van der Waals surface area (Å²) in [6.45, 7) is 2.82. The fourth-order valence-electron chi connectivity index (χ4n) is 3.18. The molecule has 0 aromatic heterocycles. The molecule has 154 valence electrons. The zero-order valence-electron chi connectivity index (χ0n) is 14.3. The van der Waals surface area contributed by atoms with Gasteiger partial charge in [0, 0.05) is 0 Å². The minimum atomic E-state index is -3.36. The number of benzene rings is 2. The lowest BCUT2D eigenvalue weighted by molar-refractivity contribution is 0.382. The molecule has 12 heteroatoms. The van der Waals surface area contributed by atoms with Crippen LogP contribution in [-0.2, 0) is 0 Å². The standard InChI is InChI=1S/C16H11BF10P/c1-3-28(4-2)17(5-7(18)11(22)15(26)12(23)8(5)19)6-9(20)13(24)16(27)14(25)10(6)21/h17H,3-4H2,1-2H3/q-1. The normalized spacial score (nSPS) is 11.8. The summed E-state index contributed by atoms with van der Waals surface area (Å²) in [4.78, 5) is 0. The van der Waals surface area contributed by atoms with E-state index in [9.17, 15) is 43.9 Å². The molecule has 2 aromatic carbocycles. The van der Waals surface area contributed by atoms with Crippen LogP contribution in [0.15, 0.2) is 0 Å². The first-order valence-corrected chi connectivity index (χ1v) is 9.86. The Bertz CT molecular complexity index is 801. The predicted molar refractivity (Wildman–Crippen MR) is 86.9 cm³/mol. The molecule has 2 rings (SSSR count). The highest BCUT2D eigenvalue weighted by molar-refractivity contribution is 7.94. The quantitative estimate of drug-likeness (QED) is 0.214. The van der Waals surface area contributed by atoms with E-state index in [0.717, 1.165) is 0 Å². The molecule has 0 nitrogen and oxygen atoms in total. The van der Waals surface area contributed by atoms with Crippen molar-refractivity contribution in [1.82, 2.24) is 0 Å². The van der Waals surface area contributed by atoms with Gasteiger partial charge in [0.05, 0.1) is 6.43 Å². The molecule has 0 N–H and O–H groups in total. The topological polar surface area (TPSA) is 0 Å². The van der Waals surface area contributed by atoms with Crippen LogP contribution >= 0.6 is 7.80 Å². The van der Waals surface area contributed by atoms with Gasteiger partial charge in [-0.2, -0.15) is 0 Å². The van der Waals surface area contributed by atoms with Gasteiger partial charge in [-0.1, -0.05) is 26.2 Å². The Morgan fingerprint density at radius 1 is 0.464 bits per heavy atom. The van der Waals surface area contributed by atoms with E-state index in [1.165, 1.54) is 13.8 Å². The van der Waals surface area contributed by atoms with Crippen LogP contribution in [0.25, 0.3) is 0 Å². The predicted octanol–water partition coefficient (Wildman–Crippen LogP) is 4.44. The summed E-state index contributed by atoms with van der Waals surface area (Å²) in [5.74, 6) is -23.9. The van der Waals surface area contributed by atoms with Crippen LogP contribution in [0.2, 0.25) is 0 Å². The Morgan fingerprint density at radius 3 is 0.893 bits per heavy atom. The van der Waals surface area contributed by atoms with E-state index in [1.807, 2.05) is 0 Å². The van der Waals surface area contributed by atoms with Crippen molar-refractivity contribution >= 4 is 25.2 Å². The molecule has 0 spiro atoms. The minimum absolute atomic E-state index is 0.0230. The van der Waals surface area contributed by atoms with Crippen LogP contribution in [0.3, 0.4) is 0 Å². The number of hydrogen-bond donors (Lipinski definition) is 0. The van der Waals surface area contributed by atoms with Gasteiger partial charge in [-0.05, 0) is 0 Å². The second kappa shape index (κ2) is 8.31. The van der Waals surface area contributed by atoms with E-state index >= 15 is 0 Å². The van der Waals surface area contributed by atoms with Crippen molar-refractivity contribution in [3.05, 3.63) is 58.2 Å². The van der Waals surface area contributed by atoms with Crippen molar-refractivity contribution < 1.29 is 43.9 Å². The van der Waals surface area contributed by atoms with E-state index < -0.39 is 83.3 Å². The van der Waals surface area contributed by atoms with Crippen LogP contribution in [0.4, 0.5) is 43.9 Å². The third kappa shape index (κ3) is 3.38. The number of halogens is 10. The second-order valence-electron chi connectivity index (χ2n) is 5.89. The van der Waals surface area contributed by atoms with E-state index in [0.29, 0.717) is 0 Å². The summed E-state index contributed by atoms with van der Waals surface area (Å²) in [5, 5.41) is 0. The molecule has 0 aliphatic heterocycles. The summed E-state index contributed by atoms with van der Waals surface area (Å²) in [5.41, 5.74) is -3.09. The molecular weight excluding hydrogens is 424 g/mol. The van der Waals surface area contributed by atoms with Gasteiger partial charge >= 0.3 is 0 Å². The number of rotatable bonds is 5. The maximum atomic E-state index is 14.3. The SMILES string of the molecule is CCP(CC)[BH-](c1c(F)c(F)c(F)c(F)c1F)c1c(F)c(F)c(F)c(F)c1F. The largest absolute Gasteiger partial charge is 0.270 e. The van der Waals surface area contributed by atoms with Crippen LogP contribution < -0.4 is 10.9 Å². The molecule has 0 heterocycles. The van der Waals surface area contributed by atoms with Crippen LogP contribution in [0.1, 0.15) is 13.8 Å². The van der Waals surface area contributed by atoms with Crippen LogP contribution in [0.5, 0.6) is 0 Å². The minimum Gasteiger partial charge on any atom is -0.270 e. The Morgan fingerprint density at radius 2 is 0.679 bits per heavy atom. The molecule has 0 saturated carbocycles. The second-order valence-corrected chi connectivity index (χ2v) is 9.13. The fraction of sp³-hybridized carbons (Fsp3) is 0.250. The molecular formula is C16H11BF10P-. The Balaban J connectivity index is 3.01. The van der Waals surface area contributed by atoms with E-state index in [-0.39, 0.29) is 12.3 Å². The molecule has 0 fully saturated rings. The van der Waals surface area contributed by atoms with Gasteiger partial charge in [-0.15, -0.1) is 10.9 Å². The summed E-state index contributed by atoms with van der Waals surface area (Å²) < 4.78 is 139. The molecule has 0 radical (unpaired) electrons. The smallest absolute Gasteiger partial charge is 0.200 e. The molecule has 0 unspecified atom stereocenters. The molecule has 0 amide bonds. The van der Waals surface area contributed by atoms with Gasteiger partial charge < -0.3 is 0 Å². The van der Waals surface area contributed by atoms with Crippen molar-refractivity contribution in [2.45, 2.75) is 13.8 Å². The van der Waals surface area contributed by atoms with Gasteiger partial charge in [0.25, 0.3) is 0 Å². The van der Waals surface area contributed by atoms with Gasteiger partial charge in [0.15, 0.2) is 34.9 Å². The molecule has 28 heavy (non-hydrogen) atoms. The molecule has 0 bridgehead atoms. The van der Waals surface area contributed by atoms with Gasteiger partial charge in [-0.3, -0.25) is 7.80 Å². The monoisotopic (exact) mass is 435 g/mol. The lowest BCUT2D eigenvalue weighted by Gasteiger charge is -2.36. The fourth-order valence-corrected chi connectivity index (χ4v) is 5.97. The molecule has 0 saturated heterocycles. The van der Waals surface area contributed by atoms with Crippen molar-refractivity contribution in [3.63, 3.8) is 0 Å². The van der Waals surface area contributed by atoms with Crippen molar-refractivity contribution in [1.29, 1.82) is 0 Å². The maximum Gasteiger partial charge on any atom is 0.200 e. The average Bonchev–Trinajstić information content (AvgIpc) is 2.68. The molecule has 0 atom stereocenters. The molecule has 2 aromatic rings. The van der Waals surface area contributed by atoms with Crippen LogP contribution in [-0.4, -0.2) is 18.8 Å². The van der Waals surface area contributed by atoms with E-state index in [4.69, 9.17) is 0 Å². The Hall–Kier alpha value is -1.77. The number of hydrogen-bond acceptors (Lipinski definition) is 0. The van der Waals surface area contributed by atoms with E-state index in [1.54, 1.807) is 0 Å². The van der Waals surface area contributed by atoms with Crippen molar-refractivity contribution in [2.75, 3.05) is 12.3 Å². The molecule has 0 aliphatic carbocycles. The first-order valence-electron chi connectivity index (χ1n) is 7.96. The summed E-state index contributed by atoms with van der Waals surface area (Å²) >= 11 is 0. The lowest BCUT2D eigenvalue weighted by Crippen LogP contribution is -2.50. The average molecular weight is 435 g/mol. The summed E-state index contributed by atoms with van der Waals surface area (Å²) in [7, 11) is -1.89. The lowest BCUT2D eigenvalue weighted by atomic mass is 9.60. The zero-order chi connectivity index (χ0) is 21.5. The van der Waals surface area contributed by atoms with Gasteiger partial charge in [0.2, 0.25) is 0 Å². The first-order chi connectivity index (χ1) is 13.0. The van der Waals surface area contributed by atoms with Crippen LogP contribution in [0, 0.1) is 58.2 Å². The summed E-state index contributed by atoms with van der Waals surface area (Å²) in [6.07, 6.45) is -3.41. The van der Waals surface area contributed by atoms with Crippen molar-refractivity contribution in [2.24, 2.45) is 0 Å². The van der Waals surface area contributed by atoms with E-state index in [2.05, 4.69) is 0 Å². The van der Waals surface area contributed by atoms with Gasteiger partial charge in [-0.25, -0.2) is 43.9 Å². The zero-order valence-corrected chi connectivity index (χ0v) is 15.2. The summed E-state index contributed by atoms with van der Waals surface area (Å²) in [6, 6.07) is 0. The Kier molecular flexibility index (Phi) is 6.68. The molecule has 0 aliphatic rings. The van der Waals surface area contributed by atoms with Crippen molar-refractivity contribution in [3.8, 4) is 0 Å². The Labute approximate surface area is 154 Å². The highest BCUT2D eigenvalue weighted by Crippen LogP contribution is 2.39. The first kappa shape index (κ1) is 22.5. The third-order valence-electron chi connectivity index (χ3n) is 4.61. The third-order valence-corrected chi connectivity index (χ3v) is 7.93. The highest BCUT2D eigenvalue weighted by Gasteiger charge is 2.34. The maximum absolute atomic E-state index is 14.3.